The third-order valence-electron chi connectivity index (χ3n) is 5.14. The number of amides is 2. The molecule has 0 radical (unpaired) electrons. The van der Waals surface area contributed by atoms with Crippen LogP contribution in [-0.2, 0) is 14.3 Å². The van der Waals surface area contributed by atoms with Crippen LogP contribution in [0.3, 0.4) is 0 Å². The minimum absolute atomic E-state index is 0.103. The number of carbonyl (C=O) groups excluding carboxylic acids is 2. The van der Waals surface area contributed by atoms with Gasteiger partial charge in [-0.15, -0.1) is 0 Å². The SMILES string of the molecule is CCOc1cc(/C=C2\SC(=S)N(c3ccccc3)C2=O)cc(Br)c1OCC(=O)N1CCOCC1. The smallest absolute Gasteiger partial charge is 0.270 e. The van der Waals surface area contributed by atoms with Gasteiger partial charge in [0.1, 0.15) is 0 Å². The zero-order valence-corrected chi connectivity index (χ0v) is 21.7. The topological polar surface area (TPSA) is 68.3 Å². The van der Waals surface area contributed by atoms with Gasteiger partial charge in [0.25, 0.3) is 11.8 Å². The molecular weight excluding hydrogens is 540 g/mol. The van der Waals surface area contributed by atoms with Crippen molar-refractivity contribution in [3.05, 3.63) is 57.4 Å². The fourth-order valence-electron chi connectivity index (χ4n) is 3.53. The average molecular weight is 563 g/mol. The molecule has 7 nitrogen and oxygen atoms in total. The van der Waals surface area contributed by atoms with Gasteiger partial charge in [0, 0.05) is 13.1 Å². The van der Waals surface area contributed by atoms with Gasteiger partial charge < -0.3 is 19.1 Å². The Morgan fingerprint density at radius 3 is 2.65 bits per heavy atom. The first-order chi connectivity index (χ1) is 16.5. The Labute approximate surface area is 216 Å². The van der Waals surface area contributed by atoms with Crippen molar-refractivity contribution >= 4 is 67.8 Å². The summed E-state index contributed by atoms with van der Waals surface area (Å²) in [5, 5.41) is 0. The molecule has 2 aromatic carbocycles. The largest absolute Gasteiger partial charge is 0.490 e. The Bertz CT molecular complexity index is 1120. The fraction of sp³-hybridized carbons (Fsp3) is 0.292. The van der Waals surface area contributed by atoms with Crippen LogP contribution >= 0.6 is 39.9 Å². The van der Waals surface area contributed by atoms with Gasteiger partial charge in [0.15, 0.2) is 22.4 Å². The van der Waals surface area contributed by atoms with Crippen LogP contribution in [-0.4, -0.2) is 60.6 Å². The molecule has 0 bridgehead atoms. The number of anilines is 1. The van der Waals surface area contributed by atoms with E-state index < -0.39 is 0 Å². The van der Waals surface area contributed by atoms with Crippen LogP contribution < -0.4 is 14.4 Å². The molecule has 34 heavy (non-hydrogen) atoms. The van der Waals surface area contributed by atoms with Gasteiger partial charge in [-0.2, -0.15) is 0 Å². The highest BCUT2D eigenvalue weighted by molar-refractivity contribution is 9.10. The van der Waals surface area contributed by atoms with Crippen LogP contribution in [0.2, 0.25) is 0 Å². The van der Waals surface area contributed by atoms with E-state index in [2.05, 4.69) is 15.9 Å². The van der Waals surface area contributed by atoms with Gasteiger partial charge in [0.2, 0.25) is 0 Å². The molecule has 2 aliphatic rings. The number of para-hydroxylation sites is 1. The molecule has 4 rings (SSSR count). The van der Waals surface area contributed by atoms with Crippen molar-refractivity contribution in [2.24, 2.45) is 0 Å². The van der Waals surface area contributed by atoms with Crippen LogP contribution in [0, 0.1) is 0 Å². The summed E-state index contributed by atoms with van der Waals surface area (Å²) in [4.78, 5) is 29.3. The lowest BCUT2D eigenvalue weighted by molar-refractivity contribution is -0.137. The molecule has 0 unspecified atom stereocenters. The zero-order valence-electron chi connectivity index (χ0n) is 18.5. The number of morpholine rings is 1. The van der Waals surface area contributed by atoms with E-state index in [1.54, 1.807) is 17.0 Å². The quantitative estimate of drug-likeness (QED) is 0.363. The van der Waals surface area contributed by atoms with Crippen LogP contribution in [0.25, 0.3) is 6.08 Å². The van der Waals surface area contributed by atoms with Gasteiger partial charge in [-0.25, -0.2) is 0 Å². The summed E-state index contributed by atoms with van der Waals surface area (Å²) in [5.41, 5.74) is 1.48. The molecule has 0 N–H and O–H groups in total. The highest BCUT2D eigenvalue weighted by Gasteiger charge is 2.33. The molecular formula is C24H23BrN2O5S2. The second-order valence-corrected chi connectivity index (χ2v) is 9.93. The third-order valence-corrected chi connectivity index (χ3v) is 7.03. The molecule has 2 fully saturated rings. The number of carbonyl (C=O) groups is 2. The number of thiocarbonyl (C=S) groups is 1. The van der Waals surface area contributed by atoms with Gasteiger partial charge >= 0.3 is 0 Å². The lowest BCUT2D eigenvalue weighted by Crippen LogP contribution is -2.43. The lowest BCUT2D eigenvalue weighted by Gasteiger charge is -2.27. The number of nitrogens with zero attached hydrogens (tertiary/aromatic N) is 2. The van der Waals surface area contributed by atoms with E-state index in [0.717, 1.165) is 11.3 Å². The molecule has 0 saturated carbocycles. The van der Waals surface area contributed by atoms with Gasteiger partial charge in [-0.1, -0.05) is 42.2 Å². The third kappa shape index (κ3) is 5.63. The van der Waals surface area contributed by atoms with E-state index in [0.29, 0.717) is 58.1 Å². The number of ether oxygens (including phenoxy) is 3. The minimum Gasteiger partial charge on any atom is -0.490 e. The van der Waals surface area contributed by atoms with E-state index in [9.17, 15) is 9.59 Å². The fourth-order valence-corrected chi connectivity index (χ4v) is 5.40. The predicted molar refractivity (Wildman–Crippen MR) is 140 cm³/mol. The maximum atomic E-state index is 13.0. The van der Waals surface area contributed by atoms with Crippen molar-refractivity contribution in [3.63, 3.8) is 0 Å². The maximum absolute atomic E-state index is 13.0. The molecule has 2 aromatic rings. The average Bonchev–Trinajstić information content (AvgIpc) is 3.12. The monoisotopic (exact) mass is 562 g/mol. The molecule has 178 valence electrons. The Morgan fingerprint density at radius 2 is 1.94 bits per heavy atom. The molecule has 10 heteroatoms. The maximum Gasteiger partial charge on any atom is 0.270 e. The first kappa shape index (κ1) is 24.7. The number of benzene rings is 2. The van der Waals surface area contributed by atoms with E-state index in [-0.39, 0.29) is 18.4 Å². The summed E-state index contributed by atoms with van der Waals surface area (Å²) >= 11 is 10.2. The van der Waals surface area contributed by atoms with Gasteiger partial charge in [-0.05, 0) is 58.8 Å². The molecule has 2 saturated heterocycles. The summed E-state index contributed by atoms with van der Waals surface area (Å²) < 4.78 is 18.0. The number of thioether (sulfide) groups is 1. The standard InChI is InChI=1S/C24H23BrN2O5S2/c1-2-31-19-13-16(12-18(25)22(19)32-15-21(28)26-8-10-30-11-9-26)14-20-23(29)27(24(33)34-20)17-6-4-3-5-7-17/h3-7,12-14H,2,8-11,15H2,1H3/b20-14-. The van der Waals surface area contributed by atoms with Crippen molar-refractivity contribution in [1.82, 2.24) is 4.90 Å². The van der Waals surface area contributed by atoms with Crippen molar-refractivity contribution in [2.75, 3.05) is 44.4 Å². The van der Waals surface area contributed by atoms with E-state index in [4.69, 9.17) is 26.4 Å². The Hall–Kier alpha value is -2.40. The van der Waals surface area contributed by atoms with Crippen LogP contribution in [0.5, 0.6) is 11.5 Å². The molecule has 0 atom stereocenters. The molecule has 0 aliphatic carbocycles. The Balaban J connectivity index is 1.54. The minimum atomic E-state index is -0.174. The predicted octanol–water partition coefficient (Wildman–Crippen LogP) is 4.49. The van der Waals surface area contributed by atoms with E-state index >= 15 is 0 Å². The number of hydrogen-bond donors (Lipinski definition) is 0. The molecule has 2 heterocycles. The van der Waals surface area contributed by atoms with Crippen LogP contribution in [0.15, 0.2) is 51.8 Å². The summed E-state index contributed by atoms with van der Waals surface area (Å²) in [5.74, 6) is 0.645. The first-order valence-electron chi connectivity index (χ1n) is 10.8. The van der Waals surface area contributed by atoms with Crippen molar-refractivity contribution in [2.45, 2.75) is 6.92 Å². The molecule has 0 spiro atoms. The highest BCUT2D eigenvalue weighted by atomic mass is 79.9. The molecule has 2 amide bonds. The van der Waals surface area contributed by atoms with Crippen molar-refractivity contribution in [1.29, 1.82) is 0 Å². The lowest BCUT2D eigenvalue weighted by atomic mass is 10.1. The second-order valence-electron chi connectivity index (χ2n) is 7.40. The van der Waals surface area contributed by atoms with Crippen molar-refractivity contribution in [3.8, 4) is 11.5 Å². The summed E-state index contributed by atoms with van der Waals surface area (Å²) in [6.07, 6.45) is 1.78. The summed E-state index contributed by atoms with van der Waals surface area (Å²) in [6, 6.07) is 12.9. The Kier molecular flexibility index (Phi) is 8.25. The van der Waals surface area contributed by atoms with E-state index in [1.807, 2.05) is 43.3 Å². The molecule has 2 aliphatic heterocycles. The number of halogens is 1. The van der Waals surface area contributed by atoms with Crippen molar-refractivity contribution < 1.29 is 23.8 Å². The van der Waals surface area contributed by atoms with Crippen LogP contribution in [0.4, 0.5) is 5.69 Å². The second kappa shape index (κ2) is 11.4. The number of rotatable bonds is 7. The van der Waals surface area contributed by atoms with Crippen LogP contribution in [0.1, 0.15) is 12.5 Å². The summed E-state index contributed by atoms with van der Waals surface area (Å²) in [7, 11) is 0. The zero-order chi connectivity index (χ0) is 24.1. The number of hydrogen-bond acceptors (Lipinski definition) is 7. The van der Waals surface area contributed by atoms with E-state index in [1.165, 1.54) is 16.7 Å². The summed E-state index contributed by atoms with van der Waals surface area (Å²) in [6.45, 7) is 4.36. The van der Waals surface area contributed by atoms with Gasteiger partial charge in [0.05, 0.1) is 34.9 Å². The first-order valence-corrected chi connectivity index (χ1v) is 12.8. The molecule has 0 aromatic heterocycles. The highest BCUT2D eigenvalue weighted by Crippen LogP contribution is 2.40. The Morgan fingerprint density at radius 1 is 1.21 bits per heavy atom. The van der Waals surface area contributed by atoms with Gasteiger partial charge in [-0.3, -0.25) is 14.5 Å². The normalized spacial score (nSPS) is 17.4.